The van der Waals surface area contributed by atoms with Crippen molar-refractivity contribution < 1.29 is 0 Å². The third-order valence-electron chi connectivity index (χ3n) is 4.60. The third kappa shape index (κ3) is 3.27. The van der Waals surface area contributed by atoms with E-state index in [1.54, 1.807) is 12.4 Å². The maximum absolute atomic E-state index is 4.79. The number of pyridine rings is 1. The Hall–Kier alpha value is -1.43. The standard InChI is InChI=1S/C16H19N5.2ClH/c1-11-13(15-18-6-2-7-19-15)9-12-3-4-16(5-8-17-10-16)21-14(12)20-11;;/h2,6-7,9,17H,3-5,8,10H2,1H3,(H,20,21);2*1H/t16-;;/m0../s1. The minimum Gasteiger partial charge on any atom is -0.363 e. The minimum absolute atomic E-state index is 0. The van der Waals surface area contributed by atoms with Gasteiger partial charge >= 0.3 is 0 Å². The monoisotopic (exact) mass is 353 g/mol. The van der Waals surface area contributed by atoms with Crippen LogP contribution in [-0.2, 0) is 6.42 Å². The van der Waals surface area contributed by atoms with E-state index < -0.39 is 0 Å². The van der Waals surface area contributed by atoms with Gasteiger partial charge in [-0.15, -0.1) is 24.8 Å². The Bertz CT molecular complexity index is 672. The first-order chi connectivity index (χ1) is 10.3. The van der Waals surface area contributed by atoms with Crippen LogP contribution in [-0.4, -0.2) is 33.6 Å². The van der Waals surface area contributed by atoms with Gasteiger partial charge in [0.25, 0.3) is 0 Å². The number of nitrogens with one attached hydrogen (secondary N) is 2. The van der Waals surface area contributed by atoms with Gasteiger partial charge in [-0.3, -0.25) is 0 Å². The second kappa shape index (κ2) is 6.99. The maximum Gasteiger partial charge on any atom is 0.160 e. The summed E-state index contributed by atoms with van der Waals surface area (Å²) >= 11 is 0. The molecule has 1 fully saturated rings. The zero-order valence-electron chi connectivity index (χ0n) is 13.0. The molecule has 124 valence electrons. The van der Waals surface area contributed by atoms with E-state index in [1.807, 2.05) is 13.0 Å². The van der Waals surface area contributed by atoms with Gasteiger partial charge in [0.15, 0.2) is 5.82 Å². The van der Waals surface area contributed by atoms with Crippen molar-refractivity contribution in [3.63, 3.8) is 0 Å². The molecule has 2 aliphatic rings. The summed E-state index contributed by atoms with van der Waals surface area (Å²) < 4.78 is 0. The van der Waals surface area contributed by atoms with Gasteiger partial charge in [-0.1, -0.05) is 0 Å². The van der Waals surface area contributed by atoms with Gasteiger partial charge in [0.05, 0.1) is 11.2 Å². The van der Waals surface area contributed by atoms with Crippen molar-refractivity contribution in [3.8, 4) is 11.4 Å². The van der Waals surface area contributed by atoms with Gasteiger partial charge in [0, 0.05) is 24.5 Å². The second-order valence-corrected chi connectivity index (χ2v) is 6.03. The average Bonchev–Trinajstić information content (AvgIpc) is 2.95. The molecule has 0 unspecified atom stereocenters. The van der Waals surface area contributed by atoms with E-state index in [-0.39, 0.29) is 30.4 Å². The van der Waals surface area contributed by atoms with Gasteiger partial charge in [-0.05, 0) is 50.4 Å². The van der Waals surface area contributed by atoms with Gasteiger partial charge in [-0.25, -0.2) is 15.0 Å². The van der Waals surface area contributed by atoms with Crippen molar-refractivity contribution in [2.24, 2.45) is 0 Å². The molecule has 2 aromatic rings. The lowest BCUT2D eigenvalue weighted by Crippen LogP contribution is -2.44. The molecule has 0 saturated carbocycles. The van der Waals surface area contributed by atoms with Crippen molar-refractivity contribution in [1.29, 1.82) is 0 Å². The molecule has 0 aromatic carbocycles. The van der Waals surface area contributed by atoms with Crippen LogP contribution in [0.2, 0.25) is 0 Å². The zero-order valence-corrected chi connectivity index (χ0v) is 14.6. The molecule has 7 heteroatoms. The van der Waals surface area contributed by atoms with Crippen LogP contribution in [0.5, 0.6) is 0 Å². The van der Waals surface area contributed by atoms with Gasteiger partial charge in [-0.2, -0.15) is 0 Å². The number of hydrogen-bond acceptors (Lipinski definition) is 5. The first-order valence-corrected chi connectivity index (χ1v) is 7.53. The van der Waals surface area contributed by atoms with E-state index in [0.29, 0.717) is 0 Å². The molecule has 4 rings (SSSR count). The normalized spacial score (nSPS) is 21.8. The second-order valence-electron chi connectivity index (χ2n) is 6.03. The molecule has 0 radical (unpaired) electrons. The van der Waals surface area contributed by atoms with Crippen LogP contribution in [0.15, 0.2) is 24.5 Å². The highest BCUT2D eigenvalue weighted by Crippen LogP contribution is 2.35. The highest BCUT2D eigenvalue weighted by Gasteiger charge is 2.37. The van der Waals surface area contributed by atoms with E-state index >= 15 is 0 Å². The molecule has 2 aromatic heterocycles. The van der Waals surface area contributed by atoms with Crippen molar-refractivity contribution in [2.75, 3.05) is 18.4 Å². The van der Waals surface area contributed by atoms with Crippen LogP contribution in [0.25, 0.3) is 11.4 Å². The van der Waals surface area contributed by atoms with Crippen molar-refractivity contribution in [2.45, 2.75) is 31.7 Å². The number of hydrogen-bond donors (Lipinski definition) is 2. The summed E-state index contributed by atoms with van der Waals surface area (Å²) in [7, 11) is 0. The predicted molar refractivity (Wildman–Crippen MR) is 96.7 cm³/mol. The lowest BCUT2D eigenvalue weighted by molar-refractivity contribution is 0.454. The van der Waals surface area contributed by atoms with Crippen LogP contribution < -0.4 is 10.6 Å². The Morgan fingerprint density at radius 2 is 1.91 bits per heavy atom. The summed E-state index contributed by atoms with van der Waals surface area (Å²) in [5, 5.41) is 7.13. The zero-order chi connectivity index (χ0) is 14.3. The molecule has 1 atom stereocenters. The summed E-state index contributed by atoms with van der Waals surface area (Å²) in [5.41, 5.74) is 3.50. The molecule has 2 N–H and O–H groups in total. The van der Waals surface area contributed by atoms with E-state index in [9.17, 15) is 0 Å². The Balaban J connectivity index is 0.000000960. The quantitative estimate of drug-likeness (QED) is 0.825. The van der Waals surface area contributed by atoms with Gasteiger partial charge in [0.2, 0.25) is 0 Å². The minimum atomic E-state index is 0. The van der Waals surface area contributed by atoms with Crippen LogP contribution in [0.1, 0.15) is 24.1 Å². The summed E-state index contributed by atoms with van der Waals surface area (Å²) in [6.07, 6.45) is 6.96. The largest absolute Gasteiger partial charge is 0.363 e. The van der Waals surface area contributed by atoms with Crippen LogP contribution in [0.3, 0.4) is 0 Å². The SMILES string of the molecule is Cc1nc2c(cc1-c1ncccn1)CC[C@@]1(CCNC1)N2.Cl.Cl. The van der Waals surface area contributed by atoms with E-state index in [4.69, 9.17) is 4.98 Å². The molecule has 0 amide bonds. The Morgan fingerprint density at radius 3 is 2.61 bits per heavy atom. The fourth-order valence-corrected chi connectivity index (χ4v) is 3.36. The summed E-state index contributed by atoms with van der Waals surface area (Å²) in [5.74, 6) is 1.80. The molecule has 4 heterocycles. The van der Waals surface area contributed by atoms with Crippen LogP contribution in [0.4, 0.5) is 5.82 Å². The molecule has 5 nitrogen and oxygen atoms in total. The molecular weight excluding hydrogens is 333 g/mol. The fraction of sp³-hybridized carbons (Fsp3) is 0.438. The lowest BCUT2D eigenvalue weighted by Gasteiger charge is -2.35. The predicted octanol–water partition coefficient (Wildman–Crippen LogP) is 2.78. The van der Waals surface area contributed by atoms with Crippen LogP contribution >= 0.6 is 24.8 Å². The smallest absolute Gasteiger partial charge is 0.160 e. The van der Waals surface area contributed by atoms with Crippen LogP contribution in [0, 0.1) is 6.92 Å². The number of halogens is 2. The topological polar surface area (TPSA) is 62.7 Å². The maximum atomic E-state index is 4.79. The molecule has 2 aliphatic heterocycles. The molecular formula is C16H21Cl2N5. The fourth-order valence-electron chi connectivity index (χ4n) is 3.36. The van der Waals surface area contributed by atoms with E-state index in [2.05, 4.69) is 26.7 Å². The summed E-state index contributed by atoms with van der Waals surface area (Å²) in [6.45, 7) is 4.16. The molecule has 1 spiro atoms. The molecule has 1 saturated heterocycles. The van der Waals surface area contributed by atoms with Gasteiger partial charge in [0.1, 0.15) is 5.82 Å². The third-order valence-corrected chi connectivity index (χ3v) is 4.60. The molecule has 0 aliphatic carbocycles. The van der Waals surface area contributed by atoms with Crippen molar-refractivity contribution in [3.05, 3.63) is 35.8 Å². The highest BCUT2D eigenvalue weighted by atomic mass is 35.5. The van der Waals surface area contributed by atoms with E-state index in [1.165, 1.54) is 12.0 Å². The first kappa shape index (κ1) is 17.9. The lowest BCUT2D eigenvalue weighted by atomic mass is 9.86. The Morgan fingerprint density at radius 1 is 1.13 bits per heavy atom. The molecule has 23 heavy (non-hydrogen) atoms. The molecule has 0 bridgehead atoms. The Labute approximate surface area is 148 Å². The number of nitrogens with zero attached hydrogens (tertiary/aromatic N) is 3. The average molecular weight is 354 g/mol. The number of aryl methyl sites for hydroxylation is 2. The number of fused-ring (bicyclic) bond motifs is 1. The van der Waals surface area contributed by atoms with E-state index in [0.717, 1.165) is 48.8 Å². The highest BCUT2D eigenvalue weighted by molar-refractivity contribution is 5.85. The summed E-state index contributed by atoms with van der Waals surface area (Å²) in [4.78, 5) is 13.5. The van der Waals surface area contributed by atoms with Crippen molar-refractivity contribution in [1.82, 2.24) is 20.3 Å². The van der Waals surface area contributed by atoms with Crippen molar-refractivity contribution >= 4 is 30.6 Å². The number of anilines is 1. The number of rotatable bonds is 1. The number of aromatic nitrogens is 3. The summed E-state index contributed by atoms with van der Waals surface area (Å²) in [6, 6.07) is 4.04. The van der Waals surface area contributed by atoms with Gasteiger partial charge < -0.3 is 10.6 Å². The first-order valence-electron chi connectivity index (χ1n) is 7.53. The Kier molecular flexibility index (Phi) is 5.45.